The van der Waals surface area contributed by atoms with E-state index in [0.29, 0.717) is 21.4 Å². The molecule has 0 saturated heterocycles. The highest BCUT2D eigenvalue weighted by atomic mass is 35.5. The van der Waals surface area contributed by atoms with E-state index in [-0.39, 0.29) is 5.82 Å². The van der Waals surface area contributed by atoms with Gasteiger partial charge in [0.15, 0.2) is 0 Å². The molecule has 0 atom stereocenters. The van der Waals surface area contributed by atoms with Crippen LogP contribution in [0.1, 0.15) is 47.1 Å². The van der Waals surface area contributed by atoms with Crippen molar-refractivity contribution in [2.75, 3.05) is 4.90 Å². The van der Waals surface area contributed by atoms with Gasteiger partial charge in [-0.3, -0.25) is 0 Å². The Hall–Kier alpha value is -2.78. The average Bonchev–Trinajstić information content (AvgIpc) is 3.03. The van der Waals surface area contributed by atoms with E-state index >= 15 is 0 Å². The molecular formula is C22H25ClN4O4S. The highest BCUT2D eigenvalue weighted by Crippen LogP contribution is 2.33. The van der Waals surface area contributed by atoms with Crippen LogP contribution in [0.2, 0.25) is 5.15 Å². The summed E-state index contributed by atoms with van der Waals surface area (Å²) in [6.07, 6.45) is -0.116. The standard InChI is InChI=1S/C22H25ClN4O4S/c1-12-8-9-16(26-17(12)18-25-13-10-15(23)24-11-14(13)32-18)27(19(28)30-21(2,3)4)20(29)31-22(5,6)7/h8-11H,1-7H3. The van der Waals surface area contributed by atoms with Gasteiger partial charge >= 0.3 is 12.2 Å². The Kier molecular flexibility index (Phi) is 6.44. The Morgan fingerprint density at radius 3 is 2.16 bits per heavy atom. The van der Waals surface area contributed by atoms with E-state index in [9.17, 15) is 9.59 Å². The lowest BCUT2D eigenvalue weighted by molar-refractivity contribution is 0.0429. The maximum absolute atomic E-state index is 12.9. The van der Waals surface area contributed by atoms with E-state index in [1.165, 1.54) is 11.3 Å². The van der Waals surface area contributed by atoms with Crippen molar-refractivity contribution in [2.45, 2.75) is 59.7 Å². The van der Waals surface area contributed by atoms with E-state index < -0.39 is 23.4 Å². The summed E-state index contributed by atoms with van der Waals surface area (Å²) in [7, 11) is 0. The molecular weight excluding hydrogens is 452 g/mol. The number of amides is 2. The van der Waals surface area contributed by atoms with Crippen molar-refractivity contribution >= 4 is 51.2 Å². The number of pyridine rings is 2. The molecule has 0 aliphatic rings. The number of carbonyl (C=O) groups is 2. The Labute approximate surface area is 195 Å². The summed E-state index contributed by atoms with van der Waals surface area (Å²) in [6, 6.07) is 5.00. The van der Waals surface area contributed by atoms with Crippen molar-refractivity contribution in [1.82, 2.24) is 15.0 Å². The molecule has 0 bridgehead atoms. The van der Waals surface area contributed by atoms with Crippen molar-refractivity contribution < 1.29 is 19.1 Å². The van der Waals surface area contributed by atoms with Gasteiger partial charge < -0.3 is 9.47 Å². The number of rotatable bonds is 2. The first kappa shape index (κ1) is 23.9. The van der Waals surface area contributed by atoms with Crippen LogP contribution in [-0.4, -0.2) is 38.3 Å². The zero-order valence-corrected chi connectivity index (χ0v) is 20.6. The van der Waals surface area contributed by atoms with Crippen LogP contribution in [0, 0.1) is 6.92 Å². The Bertz CT molecular complexity index is 1150. The SMILES string of the molecule is Cc1ccc(N(C(=O)OC(C)(C)C)C(=O)OC(C)(C)C)nc1-c1nc2cc(Cl)ncc2s1. The zero-order valence-electron chi connectivity index (χ0n) is 19.0. The predicted octanol–water partition coefficient (Wildman–Crippen LogP) is 6.39. The van der Waals surface area contributed by atoms with Gasteiger partial charge in [0.05, 0.1) is 10.2 Å². The smallest absolute Gasteiger partial charge is 0.425 e. The second-order valence-electron chi connectivity index (χ2n) is 9.12. The molecule has 32 heavy (non-hydrogen) atoms. The number of ether oxygens (including phenoxy) is 2. The molecule has 0 N–H and O–H groups in total. The molecule has 2 amide bonds. The molecule has 0 radical (unpaired) electrons. The number of aryl methyl sites for hydroxylation is 1. The third-order valence-electron chi connectivity index (χ3n) is 3.91. The van der Waals surface area contributed by atoms with Gasteiger partial charge in [-0.25, -0.2) is 24.5 Å². The van der Waals surface area contributed by atoms with Crippen LogP contribution in [-0.2, 0) is 9.47 Å². The minimum Gasteiger partial charge on any atom is -0.443 e. The molecule has 0 aliphatic heterocycles. The summed E-state index contributed by atoms with van der Waals surface area (Å²) in [6.45, 7) is 12.2. The fourth-order valence-electron chi connectivity index (χ4n) is 2.65. The van der Waals surface area contributed by atoms with Crippen LogP contribution < -0.4 is 4.90 Å². The number of thiazole rings is 1. The van der Waals surface area contributed by atoms with E-state index in [1.54, 1.807) is 65.9 Å². The zero-order chi connectivity index (χ0) is 23.8. The van der Waals surface area contributed by atoms with Crippen molar-refractivity contribution in [2.24, 2.45) is 0 Å². The summed E-state index contributed by atoms with van der Waals surface area (Å²) >= 11 is 7.36. The van der Waals surface area contributed by atoms with Crippen molar-refractivity contribution in [3.05, 3.63) is 35.1 Å². The summed E-state index contributed by atoms with van der Waals surface area (Å²) in [5, 5.41) is 0.950. The van der Waals surface area contributed by atoms with Crippen LogP contribution in [0.25, 0.3) is 20.9 Å². The summed E-state index contributed by atoms with van der Waals surface area (Å²) < 4.78 is 11.7. The first-order valence-corrected chi connectivity index (χ1v) is 11.1. The summed E-state index contributed by atoms with van der Waals surface area (Å²) in [4.78, 5) is 39.9. The molecule has 3 aromatic rings. The number of hydrogen-bond donors (Lipinski definition) is 0. The number of carbonyl (C=O) groups excluding carboxylic acids is 2. The first-order valence-electron chi connectivity index (χ1n) is 9.90. The largest absolute Gasteiger partial charge is 0.443 e. The number of nitrogens with zero attached hydrogens (tertiary/aromatic N) is 4. The number of imide groups is 1. The molecule has 0 aromatic carbocycles. The molecule has 0 aliphatic carbocycles. The Balaban J connectivity index is 2.08. The maximum atomic E-state index is 12.9. The molecule has 3 aromatic heterocycles. The van der Waals surface area contributed by atoms with E-state index in [4.69, 9.17) is 21.1 Å². The lowest BCUT2D eigenvalue weighted by Gasteiger charge is -2.28. The van der Waals surface area contributed by atoms with Gasteiger partial charge in [-0.2, -0.15) is 4.90 Å². The van der Waals surface area contributed by atoms with Crippen LogP contribution in [0.5, 0.6) is 0 Å². The highest BCUT2D eigenvalue weighted by Gasteiger charge is 2.34. The summed E-state index contributed by atoms with van der Waals surface area (Å²) in [5.41, 5.74) is 0.402. The predicted molar refractivity (Wildman–Crippen MR) is 125 cm³/mol. The number of fused-ring (bicyclic) bond motifs is 1. The fraction of sp³-hybridized carbons (Fsp3) is 0.409. The molecule has 170 valence electrons. The second kappa shape index (κ2) is 8.63. The third-order valence-corrected chi connectivity index (χ3v) is 5.13. The first-order chi connectivity index (χ1) is 14.7. The van der Waals surface area contributed by atoms with E-state index in [2.05, 4.69) is 15.0 Å². The van der Waals surface area contributed by atoms with Crippen LogP contribution in [0.4, 0.5) is 15.4 Å². The maximum Gasteiger partial charge on any atom is 0.425 e. The molecule has 0 unspecified atom stereocenters. The normalized spacial score (nSPS) is 12.0. The number of halogens is 1. The fourth-order valence-corrected chi connectivity index (χ4v) is 3.77. The van der Waals surface area contributed by atoms with Crippen molar-refractivity contribution in [3.8, 4) is 10.7 Å². The van der Waals surface area contributed by atoms with Crippen LogP contribution in [0.3, 0.4) is 0 Å². The van der Waals surface area contributed by atoms with Gasteiger partial charge in [0, 0.05) is 12.3 Å². The molecule has 0 fully saturated rings. The average molecular weight is 477 g/mol. The third kappa shape index (κ3) is 5.72. The monoisotopic (exact) mass is 476 g/mol. The van der Waals surface area contributed by atoms with Gasteiger partial charge in [-0.1, -0.05) is 17.7 Å². The second-order valence-corrected chi connectivity index (χ2v) is 10.5. The molecule has 0 saturated carbocycles. The molecule has 0 spiro atoms. The van der Waals surface area contributed by atoms with Crippen LogP contribution in [0.15, 0.2) is 24.4 Å². The van der Waals surface area contributed by atoms with Crippen LogP contribution >= 0.6 is 22.9 Å². The van der Waals surface area contributed by atoms with Gasteiger partial charge in [0.2, 0.25) is 0 Å². The quantitative estimate of drug-likeness (QED) is 0.395. The van der Waals surface area contributed by atoms with Crippen molar-refractivity contribution in [3.63, 3.8) is 0 Å². The lowest BCUT2D eigenvalue weighted by Crippen LogP contribution is -2.44. The number of anilines is 1. The van der Waals surface area contributed by atoms with Gasteiger partial charge in [0.25, 0.3) is 0 Å². The van der Waals surface area contributed by atoms with E-state index in [1.807, 2.05) is 6.92 Å². The number of aromatic nitrogens is 3. The topological polar surface area (TPSA) is 94.5 Å². The van der Waals surface area contributed by atoms with Gasteiger partial charge in [-0.15, -0.1) is 11.3 Å². The Morgan fingerprint density at radius 2 is 1.59 bits per heavy atom. The van der Waals surface area contributed by atoms with Gasteiger partial charge in [0.1, 0.15) is 32.9 Å². The Morgan fingerprint density at radius 1 is 1.00 bits per heavy atom. The molecule has 3 rings (SSSR count). The molecule has 8 nitrogen and oxygen atoms in total. The number of hydrogen-bond acceptors (Lipinski definition) is 8. The highest BCUT2D eigenvalue weighted by molar-refractivity contribution is 7.21. The molecule has 3 heterocycles. The van der Waals surface area contributed by atoms with Crippen molar-refractivity contribution in [1.29, 1.82) is 0 Å². The minimum atomic E-state index is -0.880. The summed E-state index contributed by atoms with van der Waals surface area (Å²) in [5.74, 6) is 0.0736. The van der Waals surface area contributed by atoms with E-state index in [0.717, 1.165) is 15.2 Å². The molecule has 10 heteroatoms. The lowest BCUT2D eigenvalue weighted by atomic mass is 10.2. The van der Waals surface area contributed by atoms with Gasteiger partial charge in [-0.05, 0) is 60.1 Å². The minimum absolute atomic E-state index is 0.0736.